The number of carbonyl (C=O) groups excluding carboxylic acids is 1. The molecule has 0 radical (unpaired) electrons. The number of nitrogens with two attached hydrogens (primary N) is 1. The number of ether oxygens (including phenoxy) is 1. The van der Waals surface area contributed by atoms with Crippen LogP contribution in [0.25, 0.3) is 0 Å². The number of hydrogen-bond donors (Lipinski definition) is 1. The van der Waals surface area contributed by atoms with Gasteiger partial charge < -0.3 is 15.4 Å². The Labute approximate surface area is 113 Å². The summed E-state index contributed by atoms with van der Waals surface area (Å²) in [5.74, 6) is 0.162. The highest BCUT2D eigenvalue weighted by molar-refractivity contribution is 5.77. The maximum Gasteiger partial charge on any atom is 0.225 e. The summed E-state index contributed by atoms with van der Waals surface area (Å²) in [7, 11) is 0. The molecule has 4 heteroatoms. The van der Waals surface area contributed by atoms with Crippen LogP contribution in [0.3, 0.4) is 0 Å². The molecule has 2 aliphatic heterocycles. The predicted octanol–water partition coefficient (Wildman–Crippen LogP) is 1.25. The minimum Gasteiger partial charge on any atom is -0.373 e. The van der Waals surface area contributed by atoms with Crippen LogP contribution in [0, 0.1) is 0 Å². The number of carbonyl (C=O) groups is 1. The monoisotopic (exact) mass is 260 g/mol. The number of rotatable bonds is 2. The third-order valence-electron chi connectivity index (χ3n) is 4.03. The Morgan fingerprint density at radius 2 is 2.26 bits per heavy atom. The highest BCUT2D eigenvalue weighted by atomic mass is 16.5. The van der Waals surface area contributed by atoms with Crippen molar-refractivity contribution in [2.24, 2.45) is 5.73 Å². The van der Waals surface area contributed by atoms with Crippen LogP contribution >= 0.6 is 0 Å². The van der Waals surface area contributed by atoms with E-state index in [1.807, 2.05) is 17.0 Å². The van der Waals surface area contributed by atoms with Crippen molar-refractivity contribution in [3.63, 3.8) is 0 Å². The van der Waals surface area contributed by atoms with E-state index in [1.165, 1.54) is 11.1 Å². The van der Waals surface area contributed by atoms with Crippen molar-refractivity contribution >= 4 is 5.91 Å². The van der Waals surface area contributed by atoms with Gasteiger partial charge in [-0.15, -0.1) is 0 Å². The molecule has 0 saturated carbocycles. The molecule has 0 aliphatic carbocycles. The summed E-state index contributed by atoms with van der Waals surface area (Å²) in [6, 6.07) is 8.39. The first kappa shape index (κ1) is 12.6. The zero-order valence-corrected chi connectivity index (χ0v) is 11.0. The van der Waals surface area contributed by atoms with Crippen molar-refractivity contribution in [1.29, 1.82) is 0 Å². The SMILES string of the molecule is N[C@H]1CCN(C(=O)C[C@@H]2OCCc3ccccc32)C1. The first-order valence-electron chi connectivity index (χ1n) is 6.97. The van der Waals surface area contributed by atoms with Crippen LogP contribution < -0.4 is 5.73 Å². The van der Waals surface area contributed by atoms with Crippen LogP contribution in [0.15, 0.2) is 24.3 Å². The number of hydrogen-bond acceptors (Lipinski definition) is 3. The maximum absolute atomic E-state index is 12.3. The number of fused-ring (bicyclic) bond motifs is 1. The van der Waals surface area contributed by atoms with Gasteiger partial charge in [-0.25, -0.2) is 0 Å². The van der Waals surface area contributed by atoms with Crippen molar-refractivity contribution in [3.8, 4) is 0 Å². The molecular formula is C15H20N2O2. The zero-order chi connectivity index (χ0) is 13.2. The van der Waals surface area contributed by atoms with Gasteiger partial charge in [-0.2, -0.15) is 0 Å². The maximum atomic E-state index is 12.3. The van der Waals surface area contributed by atoms with Crippen LogP contribution in [0.5, 0.6) is 0 Å². The Morgan fingerprint density at radius 3 is 3.05 bits per heavy atom. The molecule has 0 unspecified atom stereocenters. The largest absolute Gasteiger partial charge is 0.373 e. The van der Waals surface area contributed by atoms with Gasteiger partial charge in [-0.3, -0.25) is 4.79 Å². The predicted molar refractivity (Wildman–Crippen MR) is 72.6 cm³/mol. The lowest BCUT2D eigenvalue weighted by Gasteiger charge is -2.27. The van der Waals surface area contributed by atoms with E-state index in [2.05, 4.69) is 12.1 Å². The lowest BCUT2D eigenvalue weighted by atomic mass is 9.95. The molecule has 1 fully saturated rings. The van der Waals surface area contributed by atoms with Crippen LogP contribution in [-0.4, -0.2) is 36.5 Å². The first-order chi connectivity index (χ1) is 9.24. The van der Waals surface area contributed by atoms with E-state index in [4.69, 9.17) is 10.5 Å². The summed E-state index contributed by atoms with van der Waals surface area (Å²) in [4.78, 5) is 14.1. The summed E-state index contributed by atoms with van der Waals surface area (Å²) in [5, 5.41) is 0. The second-order valence-electron chi connectivity index (χ2n) is 5.40. The quantitative estimate of drug-likeness (QED) is 0.870. The highest BCUT2D eigenvalue weighted by Crippen LogP contribution is 2.30. The van der Waals surface area contributed by atoms with Crippen molar-refractivity contribution in [2.75, 3.05) is 19.7 Å². The molecular weight excluding hydrogens is 240 g/mol. The number of benzene rings is 1. The van der Waals surface area contributed by atoms with Crippen molar-refractivity contribution in [3.05, 3.63) is 35.4 Å². The summed E-state index contributed by atoms with van der Waals surface area (Å²) < 4.78 is 5.78. The fraction of sp³-hybridized carbons (Fsp3) is 0.533. The van der Waals surface area contributed by atoms with Crippen molar-refractivity contribution < 1.29 is 9.53 Å². The van der Waals surface area contributed by atoms with Crippen molar-refractivity contribution in [2.45, 2.75) is 31.4 Å². The average Bonchev–Trinajstić information content (AvgIpc) is 2.86. The van der Waals surface area contributed by atoms with E-state index in [1.54, 1.807) is 0 Å². The third-order valence-corrected chi connectivity index (χ3v) is 4.03. The first-order valence-corrected chi connectivity index (χ1v) is 6.97. The van der Waals surface area contributed by atoms with E-state index in [0.29, 0.717) is 19.6 Å². The topological polar surface area (TPSA) is 55.6 Å². The fourth-order valence-corrected chi connectivity index (χ4v) is 2.95. The minimum atomic E-state index is -0.0886. The van der Waals surface area contributed by atoms with Gasteiger partial charge in [0.1, 0.15) is 0 Å². The Hall–Kier alpha value is -1.39. The van der Waals surface area contributed by atoms with Gasteiger partial charge in [0.15, 0.2) is 0 Å². The molecule has 2 atom stereocenters. The second kappa shape index (κ2) is 5.31. The molecule has 0 aromatic heterocycles. The fourth-order valence-electron chi connectivity index (χ4n) is 2.95. The van der Waals surface area contributed by atoms with Crippen LogP contribution in [0.1, 0.15) is 30.1 Å². The standard InChI is InChI=1S/C15H20N2O2/c16-12-5-7-17(10-12)15(18)9-14-13-4-2-1-3-11(13)6-8-19-14/h1-4,12,14H,5-10,16H2/t12-,14-/m0/s1. The molecule has 4 nitrogen and oxygen atoms in total. The summed E-state index contributed by atoms with van der Waals surface area (Å²) in [5.41, 5.74) is 8.33. The normalized spacial score (nSPS) is 26.3. The molecule has 3 rings (SSSR count). The Kier molecular flexibility index (Phi) is 3.53. The van der Waals surface area contributed by atoms with Gasteiger partial charge >= 0.3 is 0 Å². The summed E-state index contributed by atoms with van der Waals surface area (Å²) in [6.07, 6.45) is 2.20. The van der Waals surface area contributed by atoms with Gasteiger partial charge in [-0.1, -0.05) is 24.3 Å². The highest BCUT2D eigenvalue weighted by Gasteiger charge is 2.28. The molecule has 2 aliphatic rings. The third kappa shape index (κ3) is 2.65. The molecule has 102 valence electrons. The van der Waals surface area contributed by atoms with E-state index < -0.39 is 0 Å². The van der Waals surface area contributed by atoms with E-state index in [9.17, 15) is 4.79 Å². The molecule has 0 bridgehead atoms. The van der Waals surface area contributed by atoms with Crippen molar-refractivity contribution in [1.82, 2.24) is 4.90 Å². The molecule has 2 heterocycles. The van der Waals surface area contributed by atoms with Gasteiger partial charge in [0, 0.05) is 19.1 Å². The molecule has 1 aromatic carbocycles. The molecule has 0 spiro atoms. The van der Waals surface area contributed by atoms with Gasteiger partial charge in [0.25, 0.3) is 0 Å². The number of likely N-dealkylation sites (tertiary alicyclic amines) is 1. The zero-order valence-electron chi connectivity index (χ0n) is 11.0. The van der Waals surface area contributed by atoms with Crippen LogP contribution in [-0.2, 0) is 16.0 Å². The number of amides is 1. The molecule has 19 heavy (non-hydrogen) atoms. The Bertz CT molecular complexity index is 475. The average molecular weight is 260 g/mol. The van der Waals surface area contributed by atoms with Gasteiger partial charge in [-0.05, 0) is 24.0 Å². The van der Waals surface area contributed by atoms with Crippen LogP contribution in [0.2, 0.25) is 0 Å². The van der Waals surface area contributed by atoms with E-state index >= 15 is 0 Å². The smallest absolute Gasteiger partial charge is 0.225 e. The van der Waals surface area contributed by atoms with E-state index in [0.717, 1.165) is 19.4 Å². The summed E-state index contributed by atoms with van der Waals surface area (Å²) >= 11 is 0. The lowest BCUT2D eigenvalue weighted by molar-refractivity contribution is -0.133. The lowest BCUT2D eigenvalue weighted by Crippen LogP contribution is -2.33. The molecule has 2 N–H and O–H groups in total. The summed E-state index contributed by atoms with van der Waals surface area (Å²) in [6.45, 7) is 2.18. The number of nitrogens with zero attached hydrogens (tertiary/aromatic N) is 1. The van der Waals surface area contributed by atoms with Gasteiger partial charge in [0.05, 0.1) is 19.1 Å². The van der Waals surface area contributed by atoms with Crippen LogP contribution in [0.4, 0.5) is 0 Å². The molecule has 1 aromatic rings. The second-order valence-corrected chi connectivity index (χ2v) is 5.40. The Morgan fingerprint density at radius 1 is 1.42 bits per heavy atom. The molecule has 1 saturated heterocycles. The molecule has 1 amide bonds. The van der Waals surface area contributed by atoms with E-state index in [-0.39, 0.29) is 18.1 Å². The minimum absolute atomic E-state index is 0.0886. The Balaban J connectivity index is 1.69. The van der Waals surface area contributed by atoms with Gasteiger partial charge in [0.2, 0.25) is 5.91 Å².